The summed E-state index contributed by atoms with van der Waals surface area (Å²) >= 11 is 4.31. The van der Waals surface area contributed by atoms with Gasteiger partial charge in [-0.2, -0.15) is 5.10 Å². The molecule has 0 atom stereocenters. The van der Waals surface area contributed by atoms with Crippen molar-refractivity contribution in [2.75, 3.05) is 19.0 Å². The van der Waals surface area contributed by atoms with E-state index >= 15 is 0 Å². The van der Waals surface area contributed by atoms with Gasteiger partial charge in [0.15, 0.2) is 0 Å². The number of thiophene rings is 1. The molecule has 0 aliphatic carbocycles. The van der Waals surface area contributed by atoms with E-state index < -0.39 is 11.9 Å². The molecule has 1 N–H and O–H groups in total. The first kappa shape index (κ1) is 20.1. The number of nitrogens with one attached hydrogen (secondary N) is 1. The molecule has 26 heavy (non-hydrogen) atoms. The van der Waals surface area contributed by atoms with Gasteiger partial charge >= 0.3 is 11.9 Å². The molecule has 0 unspecified atom stereocenters. The summed E-state index contributed by atoms with van der Waals surface area (Å²) < 4.78 is 12.0. The lowest BCUT2D eigenvalue weighted by Crippen LogP contribution is -2.20. The SMILES string of the molecule is CCOC(=O)c1sc(NC(=O)Cn2cc(Br)c(C)n2)c(C(=O)OC)c1C. The van der Waals surface area contributed by atoms with Gasteiger partial charge in [0.2, 0.25) is 5.91 Å². The second-order valence-corrected chi connectivity index (χ2v) is 7.16. The van der Waals surface area contributed by atoms with Gasteiger partial charge in [0, 0.05) is 6.20 Å². The second-order valence-electron chi connectivity index (χ2n) is 5.28. The third-order valence-corrected chi connectivity index (χ3v) is 5.41. The quantitative estimate of drug-likeness (QED) is 0.688. The van der Waals surface area contributed by atoms with Crippen molar-refractivity contribution in [3.8, 4) is 0 Å². The van der Waals surface area contributed by atoms with Crippen LogP contribution in [0, 0.1) is 13.8 Å². The number of aryl methyl sites for hydroxylation is 1. The number of ether oxygens (including phenoxy) is 2. The Labute approximate surface area is 162 Å². The summed E-state index contributed by atoms with van der Waals surface area (Å²) in [6.07, 6.45) is 1.68. The minimum absolute atomic E-state index is 0.0429. The van der Waals surface area contributed by atoms with Crippen molar-refractivity contribution in [3.63, 3.8) is 0 Å². The van der Waals surface area contributed by atoms with Crippen LogP contribution in [0.2, 0.25) is 0 Å². The van der Waals surface area contributed by atoms with Crippen LogP contribution in [0.15, 0.2) is 10.7 Å². The Kier molecular flexibility index (Phi) is 6.54. The zero-order valence-electron chi connectivity index (χ0n) is 14.7. The summed E-state index contributed by atoms with van der Waals surface area (Å²) in [7, 11) is 1.24. The van der Waals surface area contributed by atoms with Gasteiger partial charge in [-0.25, -0.2) is 9.59 Å². The van der Waals surface area contributed by atoms with Gasteiger partial charge < -0.3 is 14.8 Å². The van der Waals surface area contributed by atoms with Crippen LogP contribution >= 0.6 is 27.3 Å². The Bertz CT molecular complexity index is 839. The smallest absolute Gasteiger partial charge is 0.348 e. The molecule has 0 saturated heterocycles. The zero-order valence-corrected chi connectivity index (χ0v) is 17.1. The molecule has 2 heterocycles. The summed E-state index contributed by atoms with van der Waals surface area (Å²) in [6, 6.07) is 0. The van der Waals surface area contributed by atoms with Crippen LogP contribution in [-0.2, 0) is 20.8 Å². The van der Waals surface area contributed by atoms with Crippen LogP contribution in [0.5, 0.6) is 0 Å². The standard InChI is InChI=1S/C16H18BrN3O5S/c1-5-25-16(23)13-8(2)12(15(22)24-4)14(26-13)18-11(21)7-20-6-10(17)9(3)19-20/h6H,5,7H2,1-4H3,(H,18,21). The minimum atomic E-state index is -0.637. The molecular formula is C16H18BrN3O5S. The topological polar surface area (TPSA) is 99.5 Å². The van der Waals surface area contributed by atoms with E-state index in [0.29, 0.717) is 5.56 Å². The molecular weight excluding hydrogens is 426 g/mol. The Morgan fingerprint density at radius 2 is 2.00 bits per heavy atom. The fourth-order valence-corrected chi connectivity index (χ4v) is 3.65. The lowest BCUT2D eigenvalue weighted by Gasteiger charge is -2.06. The highest BCUT2D eigenvalue weighted by molar-refractivity contribution is 9.10. The highest BCUT2D eigenvalue weighted by Gasteiger charge is 2.27. The number of nitrogens with zero attached hydrogens (tertiary/aromatic N) is 2. The molecule has 0 spiro atoms. The number of hydrogen-bond acceptors (Lipinski definition) is 7. The molecule has 10 heteroatoms. The van der Waals surface area contributed by atoms with Crippen molar-refractivity contribution in [2.45, 2.75) is 27.3 Å². The fourth-order valence-electron chi connectivity index (χ4n) is 2.23. The first-order valence-electron chi connectivity index (χ1n) is 7.66. The van der Waals surface area contributed by atoms with Gasteiger partial charge in [0.05, 0.1) is 29.4 Å². The molecule has 0 aliphatic heterocycles. The van der Waals surface area contributed by atoms with E-state index in [0.717, 1.165) is 21.5 Å². The molecule has 2 rings (SSSR count). The van der Waals surface area contributed by atoms with Crippen LogP contribution in [0.1, 0.15) is 38.2 Å². The van der Waals surface area contributed by atoms with Gasteiger partial charge in [-0.3, -0.25) is 9.48 Å². The fraction of sp³-hybridized carbons (Fsp3) is 0.375. The molecule has 0 bridgehead atoms. The number of anilines is 1. The molecule has 0 radical (unpaired) electrons. The van der Waals surface area contributed by atoms with Crippen LogP contribution in [0.3, 0.4) is 0 Å². The van der Waals surface area contributed by atoms with Crippen molar-refractivity contribution in [1.29, 1.82) is 0 Å². The summed E-state index contributed by atoms with van der Waals surface area (Å²) in [6.45, 7) is 5.27. The second kappa shape index (κ2) is 8.45. The monoisotopic (exact) mass is 443 g/mol. The molecule has 1 amide bonds. The Morgan fingerprint density at radius 3 is 2.54 bits per heavy atom. The van der Waals surface area contributed by atoms with E-state index in [1.165, 1.54) is 11.8 Å². The van der Waals surface area contributed by atoms with Crippen LogP contribution in [0.4, 0.5) is 5.00 Å². The number of rotatable bonds is 6. The molecule has 0 saturated carbocycles. The van der Waals surface area contributed by atoms with E-state index in [1.807, 2.05) is 6.92 Å². The first-order valence-corrected chi connectivity index (χ1v) is 9.27. The molecule has 2 aromatic rings. The maximum absolute atomic E-state index is 12.3. The van der Waals surface area contributed by atoms with E-state index in [-0.39, 0.29) is 34.5 Å². The number of aromatic nitrogens is 2. The average molecular weight is 444 g/mol. The number of esters is 2. The van der Waals surface area contributed by atoms with Gasteiger partial charge in [-0.05, 0) is 42.3 Å². The van der Waals surface area contributed by atoms with Crippen molar-refractivity contribution in [3.05, 3.63) is 32.4 Å². The highest BCUT2D eigenvalue weighted by atomic mass is 79.9. The number of hydrogen-bond donors (Lipinski definition) is 1. The number of carbonyl (C=O) groups excluding carboxylic acids is 3. The molecule has 0 fully saturated rings. The van der Waals surface area contributed by atoms with Crippen LogP contribution in [-0.4, -0.2) is 41.3 Å². The van der Waals surface area contributed by atoms with Crippen molar-refractivity contribution >= 4 is 50.1 Å². The first-order chi connectivity index (χ1) is 12.3. The largest absolute Gasteiger partial charge is 0.465 e. The van der Waals surface area contributed by atoms with Crippen molar-refractivity contribution < 1.29 is 23.9 Å². The summed E-state index contributed by atoms with van der Waals surface area (Å²) in [5, 5.41) is 7.08. The Morgan fingerprint density at radius 1 is 1.31 bits per heavy atom. The highest BCUT2D eigenvalue weighted by Crippen LogP contribution is 2.34. The van der Waals surface area contributed by atoms with Crippen LogP contribution in [0.25, 0.3) is 0 Å². The van der Waals surface area contributed by atoms with Crippen LogP contribution < -0.4 is 5.32 Å². The zero-order chi connectivity index (χ0) is 19.4. The molecule has 0 aromatic carbocycles. The summed E-state index contributed by atoms with van der Waals surface area (Å²) in [5.74, 6) is -1.57. The summed E-state index contributed by atoms with van der Waals surface area (Å²) in [4.78, 5) is 36.7. The number of halogens is 1. The number of carbonyl (C=O) groups is 3. The Balaban J connectivity index is 2.28. The molecule has 8 nitrogen and oxygen atoms in total. The molecule has 0 aliphatic rings. The lowest BCUT2D eigenvalue weighted by molar-refractivity contribution is -0.116. The molecule has 140 valence electrons. The maximum Gasteiger partial charge on any atom is 0.348 e. The van der Waals surface area contributed by atoms with E-state index in [9.17, 15) is 14.4 Å². The van der Waals surface area contributed by atoms with E-state index in [2.05, 4.69) is 26.3 Å². The average Bonchev–Trinajstić information content (AvgIpc) is 3.06. The predicted octanol–water partition coefficient (Wildman–Crippen LogP) is 2.93. The third-order valence-electron chi connectivity index (χ3n) is 3.44. The predicted molar refractivity (Wildman–Crippen MR) is 99.6 cm³/mol. The van der Waals surface area contributed by atoms with Gasteiger partial charge in [0.25, 0.3) is 0 Å². The lowest BCUT2D eigenvalue weighted by atomic mass is 10.1. The number of amides is 1. The van der Waals surface area contributed by atoms with Crippen molar-refractivity contribution in [1.82, 2.24) is 9.78 Å². The maximum atomic E-state index is 12.3. The van der Waals surface area contributed by atoms with Gasteiger partial charge in [-0.1, -0.05) is 0 Å². The van der Waals surface area contributed by atoms with Crippen molar-refractivity contribution in [2.24, 2.45) is 0 Å². The van der Waals surface area contributed by atoms with Gasteiger partial charge in [0.1, 0.15) is 16.4 Å². The third kappa shape index (κ3) is 4.31. The summed E-state index contributed by atoms with van der Waals surface area (Å²) in [5.41, 5.74) is 1.31. The normalized spacial score (nSPS) is 10.5. The van der Waals surface area contributed by atoms with E-state index in [4.69, 9.17) is 9.47 Å². The van der Waals surface area contributed by atoms with E-state index in [1.54, 1.807) is 20.0 Å². The number of methoxy groups -OCH3 is 1. The Hall–Kier alpha value is -2.20. The minimum Gasteiger partial charge on any atom is -0.465 e. The molecule has 2 aromatic heterocycles. The van der Waals surface area contributed by atoms with Gasteiger partial charge in [-0.15, -0.1) is 11.3 Å².